The first-order valence-electron chi connectivity index (χ1n) is 6.72. The summed E-state index contributed by atoms with van der Waals surface area (Å²) in [6, 6.07) is 4.73. The summed E-state index contributed by atoms with van der Waals surface area (Å²) in [5.74, 6) is 0.368. The molecule has 0 bridgehead atoms. The van der Waals surface area contributed by atoms with Crippen molar-refractivity contribution >= 4 is 45.8 Å². The van der Waals surface area contributed by atoms with Gasteiger partial charge in [-0.1, -0.05) is 23.2 Å². The van der Waals surface area contributed by atoms with Crippen molar-refractivity contribution in [2.45, 2.75) is 13.3 Å². The zero-order chi connectivity index (χ0) is 17.7. The van der Waals surface area contributed by atoms with Crippen LogP contribution in [0.1, 0.15) is 5.69 Å². The maximum absolute atomic E-state index is 12.0. The molecule has 0 aliphatic heterocycles. The van der Waals surface area contributed by atoms with Crippen LogP contribution in [-0.4, -0.2) is 27.9 Å². The van der Waals surface area contributed by atoms with E-state index in [1.54, 1.807) is 12.1 Å². The Balaban J connectivity index is 2.30. The van der Waals surface area contributed by atoms with Crippen LogP contribution in [0.25, 0.3) is 0 Å². The van der Waals surface area contributed by atoms with Gasteiger partial charge in [0.15, 0.2) is 0 Å². The summed E-state index contributed by atoms with van der Waals surface area (Å²) in [7, 11) is 0. The van der Waals surface area contributed by atoms with Crippen molar-refractivity contribution in [1.29, 1.82) is 0 Å². The van der Waals surface area contributed by atoms with E-state index in [1.165, 1.54) is 10.6 Å². The molecule has 0 atom stereocenters. The summed E-state index contributed by atoms with van der Waals surface area (Å²) in [5.41, 5.74) is -0.799. The Morgan fingerprint density at radius 1 is 1.29 bits per heavy atom. The highest BCUT2D eigenvalue weighted by atomic mass is 127. The number of aliphatic hydroxyl groups excluding tert-OH is 1. The number of aromatic amines is 1. The van der Waals surface area contributed by atoms with Gasteiger partial charge in [-0.05, 0) is 40.8 Å². The van der Waals surface area contributed by atoms with E-state index in [0.717, 1.165) is 0 Å². The molecule has 1 aromatic heterocycles. The third-order valence-corrected chi connectivity index (χ3v) is 4.60. The second-order valence-corrected chi connectivity index (χ2v) is 6.49. The van der Waals surface area contributed by atoms with Crippen molar-refractivity contribution in [2.75, 3.05) is 13.2 Å². The molecule has 0 amide bonds. The smallest absolute Gasteiger partial charge is 0.330 e. The average Bonchev–Trinajstić information content (AvgIpc) is 2.53. The first kappa shape index (κ1) is 19.3. The van der Waals surface area contributed by atoms with Crippen LogP contribution in [0.4, 0.5) is 0 Å². The van der Waals surface area contributed by atoms with E-state index < -0.39 is 11.2 Å². The number of nitrogens with one attached hydrogen (secondary N) is 1. The Morgan fingerprint density at radius 2 is 2.04 bits per heavy atom. The van der Waals surface area contributed by atoms with Gasteiger partial charge in [-0.25, -0.2) is 4.79 Å². The van der Waals surface area contributed by atoms with Gasteiger partial charge >= 0.3 is 5.69 Å². The zero-order valence-electron chi connectivity index (χ0n) is 12.2. The normalized spacial score (nSPS) is 10.8. The van der Waals surface area contributed by atoms with E-state index in [0.29, 0.717) is 25.1 Å². The average molecular weight is 487 g/mol. The van der Waals surface area contributed by atoms with Crippen molar-refractivity contribution in [3.05, 3.63) is 58.3 Å². The molecule has 0 aliphatic carbocycles. The lowest BCUT2D eigenvalue weighted by Gasteiger charge is -2.15. The number of ether oxygens (including phenoxy) is 2. The summed E-state index contributed by atoms with van der Waals surface area (Å²) in [5, 5.41) is 9.54. The fraction of sp³-hybridized carbons (Fsp3) is 0.286. The van der Waals surface area contributed by atoms with Crippen LogP contribution in [0.2, 0.25) is 10.0 Å². The van der Waals surface area contributed by atoms with Crippen molar-refractivity contribution in [1.82, 2.24) is 9.55 Å². The Bertz CT molecular complexity index is 837. The Morgan fingerprint density at radius 3 is 2.71 bits per heavy atom. The first-order chi connectivity index (χ1) is 11.4. The number of H-pyrrole nitrogens is 1. The van der Waals surface area contributed by atoms with Gasteiger partial charge in [-0.3, -0.25) is 14.3 Å². The maximum atomic E-state index is 12.0. The highest BCUT2D eigenvalue weighted by Crippen LogP contribution is 2.28. The summed E-state index contributed by atoms with van der Waals surface area (Å²) < 4.78 is 12.3. The molecule has 0 spiro atoms. The minimum Gasteiger partial charge on any atom is -0.486 e. The number of aromatic nitrogens is 2. The number of rotatable bonds is 7. The SMILES string of the molecule is O=c1[nH]c(=O)n(COCCO)c(COc2ccc(Cl)cc2Cl)c1I. The Labute approximate surface area is 160 Å². The van der Waals surface area contributed by atoms with Gasteiger partial charge in [0, 0.05) is 5.02 Å². The van der Waals surface area contributed by atoms with Gasteiger partial charge < -0.3 is 14.6 Å². The van der Waals surface area contributed by atoms with Crippen LogP contribution in [0.15, 0.2) is 27.8 Å². The van der Waals surface area contributed by atoms with Crippen LogP contribution in [-0.2, 0) is 18.1 Å². The second-order valence-electron chi connectivity index (χ2n) is 4.57. The summed E-state index contributed by atoms with van der Waals surface area (Å²) in [6.45, 7) is -0.312. The molecule has 130 valence electrons. The molecule has 0 unspecified atom stereocenters. The van der Waals surface area contributed by atoms with E-state index in [9.17, 15) is 9.59 Å². The van der Waals surface area contributed by atoms with Gasteiger partial charge in [-0.2, -0.15) is 0 Å². The molecule has 0 fully saturated rings. The van der Waals surface area contributed by atoms with Gasteiger partial charge in [0.25, 0.3) is 5.56 Å². The Hall–Kier alpha value is -1.07. The standard InChI is InChI=1S/C14H13Cl2IN2O5/c15-8-1-2-11(9(16)5-8)24-6-10-12(17)13(21)18-14(22)19(10)7-23-4-3-20/h1-2,5,20H,3-4,6-7H2,(H,18,21,22). The lowest BCUT2D eigenvalue weighted by Crippen LogP contribution is -2.36. The Kier molecular flexibility index (Phi) is 7.11. The van der Waals surface area contributed by atoms with Crippen LogP contribution in [0, 0.1) is 3.57 Å². The zero-order valence-corrected chi connectivity index (χ0v) is 15.9. The predicted molar refractivity (Wildman–Crippen MR) is 97.9 cm³/mol. The molecule has 0 radical (unpaired) electrons. The lowest BCUT2D eigenvalue weighted by molar-refractivity contribution is 0.0424. The van der Waals surface area contributed by atoms with Gasteiger partial charge in [0.2, 0.25) is 0 Å². The highest BCUT2D eigenvalue weighted by molar-refractivity contribution is 14.1. The fourth-order valence-electron chi connectivity index (χ4n) is 1.83. The fourth-order valence-corrected chi connectivity index (χ4v) is 2.87. The largest absolute Gasteiger partial charge is 0.486 e. The van der Waals surface area contributed by atoms with E-state index in [2.05, 4.69) is 4.98 Å². The minimum absolute atomic E-state index is 0.0610. The lowest BCUT2D eigenvalue weighted by atomic mass is 10.3. The predicted octanol–water partition coefficient (Wildman–Crippen LogP) is 1.99. The molecule has 1 aromatic carbocycles. The number of aliphatic hydroxyl groups is 1. The molecule has 10 heteroatoms. The third kappa shape index (κ3) is 4.73. The van der Waals surface area contributed by atoms with E-state index in [1.807, 2.05) is 22.6 Å². The number of hydrogen-bond donors (Lipinski definition) is 2. The molecule has 7 nitrogen and oxygen atoms in total. The van der Waals surface area contributed by atoms with Gasteiger partial charge in [0.05, 0.1) is 23.9 Å². The van der Waals surface area contributed by atoms with Crippen LogP contribution < -0.4 is 16.0 Å². The van der Waals surface area contributed by atoms with Crippen LogP contribution in [0.3, 0.4) is 0 Å². The maximum Gasteiger partial charge on any atom is 0.330 e. The molecule has 2 rings (SSSR count). The monoisotopic (exact) mass is 486 g/mol. The van der Waals surface area contributed by atoms with Gasteiger partial charge in [0.1, 0.15) is 22.7 Å². The van der Waals surface area contributed by atoms with E-state index in [4.69, 9.17) is 37.8 Å². The van der Waals surface area contributed by atoms with Crippen molar-refractivity contribution in [3.8, 4) is 5.75 Å². The number of halogens is 3. The second kappa shape index (κ2) is 8.86. The minimum atomic E-state index is -0.626. The molecule has 2 N–H and O–H groups in total. The summed E-state index contributed by atoms with van der Waals surface area (Å²) >= 11 is 13.7. The number of nitrogens with zero attached hydrogens (tertiary/aromatic N) is 1. The van der Waals surface area contributed by atoms with E-state index in [-0.39, 0.29) is 26.6 Å². The van der Waals surface area contributed by atoms with Crippen LogP contribution in [0.5, 0.6) is 5.75 Å². The third-order valence-electron chi connectivity index (χ3n) is 2.96. The number of hydrogen-bond acceptors (Lipinski definition) is 5. The molecule has 24 heavy (non-hydrogen) atoms. The topological polar surface area (TPSA) is 93.6 Å². The molecule has 2 aromatic rings. The van der Waals surface area contributed by atoms with Crippen molar-refractivity contribution < 1.29 is 14.6 Å². The molecular weight excluding hydrogens is 474 g/mol. The molecule has 0 saturated heterocycles. The number of benzene rings is 1. The summed E-state index contributed by atoms with van der Waals surface area (Å²) in [6.07, 6.45) is 0. The van der Waals surface area contributed by atoms with E-state index >= 15 is 0 Å². The summed E-state index contributed by atoms with van der Waals surface area (Å²) in [4.78, 5) is 26.0. The molecule has 1 heterocycles. The van der Waals surface area contributed by atoms with Crippen molar-refractivity contribution in [3.63, 3.8) is 0 Å². The van der Waals surface area contributed by atoms with Crippen LogP contribution >= 0.6 is 45.8 Å². The molecular formula is C14H13Cl2IN2O5. The highest BCUT2D eigenvalue weighted by Gasteiger charge is 2.14. The first-order valence-corrected chi connectivity index (χ1v) is 8.55. The molecule has 0 aliphatic rings. The molecule has 0 saturated carbocycles. The quantitative estimate of drug-likeness (QED) is 0.461. The van der Waals surface area contributed by atoms with Crippen molar-refractivity contribution in [2.24, 2.45) is 0 Å². The van der Waals surface area contributed by atoms with Gasteiger partial charge in [-0.15, -0.1) is 0 Å².